The molecule has 0 saturated carbocycles. The van der Waals surface area contributed by atoms with Crippen molar-refractivity contribution in [2.45, 2.75) is 39.6 Å². The van der Waals surface area contributed by atoms with Crippen LogP contribution in [0.5, 0.6) is 0 Å². The summed E-state index contributed by atoms with van der Waals surface area (Å²) in [5.41, 5.74) is 6.81. The molecule has 3 aliphatic heterocycles. The molecule has 1 atom stereocenters. The fourth-order valence-corrected chi connectivity index (χ4v) is 5.15. The van der Waals surface area contributed by atoms with Gasteiger partial charge in [0.25, 0.3) is 0 Å². The van der Waals surface area contributed by atoms with E-state index in [1.54, 1.807) is 12.1 Å². The van der Waals surface area contributed by atoms with Crippen molar-refractivity contribution in [3.8, 4) is 0 Å². The van der Waals surface area contributed by atoms with Crippen LogP contribution in [0, 0.1) is 13.8 Å². The summed E-state index contributed by atoms with van der Waals surface area (Å²) in [4.78, 5) is 40.1. The molecule has 1 saturated heterocycles. The van der Waals surface area contributed by atoms with Gasteiger partial charge in [-0.3, -0.25) is 9.69 Å². The van der Waals surface area contributed by atoms with Gasteiger partial charge in [0, 0.05) is 37.3 Å². The van der Waals surface area contributed by atoms with Gasteiger partial charge in [0.15, 0.2) is 0 Å². The zero-order valence-electron chi connectivity index (χ0n) is 19.4. The minimum atomic E-state index is -0.751. The number of benzene rings is 2. The van der Waals surface area contributed by atoms with Gasteiger partial charge < -0.3 is 19.5 Å². The number of ether oxygens (including phenoxy) is 2. The zero-order valence-corrected chi connectivity index (χ0v) is 19.4. The van der Waals surface area contributed by atoms with Crippen LogP contribution in [0.2, 0.25) is 0 Å². The average Bonchev–Trinajstić information content (AvgIpc) is 3.38. The van der Waals surface area contributed by atoms with Crippen LogP contribution in [-0.4, -0.2) is 65.5 Å². The minimum Gasteiger partial charge on any atom is -0.457 e. The summed E-state index contributed by atoms with van der Waals surface area (Å²) >= 11 is 0. The van der Waals surface area contributed by atoms with E-state index < -0.39 is 6.10 Å². The van der Waals surface area contributed by atoms with E-state index >= 15 is 0 Å². The van der Waals surface area contributed by atoms with Crippen LogP contribution in [0.15, 0.2) is 24.3 Å². The van der Waals surface area contributed by atoms with Crippen molar-refractivity contribution in [1.82, 2.24) is 9.80 Å². The molecule has 178 valence electrons. The lowest BCUT2D eigenvalue weighted by Gasteiger charge is -2.35. The number of β-amino-alcohol motifs (C(OH)–C–C–N with tert-alkyl or cyclic N) is 1. The molecule has 2 aromatic rings. The number of esters is 2. The Kier molecular flexibility index (Phi) is 5.87. The molecular weight excluding hydrogens is 436 g/mol. The lowest BCUT2D eigenvalue weighted by molar-refractivity contribution is -0.136. The van der Waals surface area contributed by atoms with E-state index in [9.17, 15) is 19.5 Å². The van der Waals surface area contributed by atoms with E-state index in [0.29, 0.717) is 43.9 Å². The summed E-state index contributed by atoms with van der Waals surface area (Å²) in [6.45, 7) is 6.96. The first-order valence-corrected chi connectivity index (χ1v) is 11.6. The Labute approximate surface area is 198 Å². The summed E-state index contributed by atoms with van der Waals surface area (Å²) in [7, 11) is 0. The van der Waals surface area contributed by atoms with Crippen molar-refractivity contribution in [1.29, 1.82) is 0 Å². The van der Waals surface area contributed by atoms with Crippen LogP contribution in [0.3, 0.4) is 0 Å². The molecule has 0 spiro atoms. The van der Waals surface area contributed by atoms with Crippen LogP contribution >= 0.6 is 0 Å². The molecular formula is C26H28N2O6. The Morgan fingerprint density at radius 2 is 1.56 bits per heavy atom. The highest BCUT2D eigenvalue weighted by atomic mass is 16.5. The Bertz CT molecular complexity index is 1190. The van der Waals surface area contributed by atoms with Gasteiger partial charge in [-0.1, -0.05) is 12.1 Å². The molecule has 1 N–H and O–H groups in total. The predicted molar refractivity (Wildman–Crippen MR) is 122 cm³/mol. The summed E-state index contributed by atoms with van der Waals surface area (Å²) in [5.74, 6) is -0.548. The normalized spacial score (nSPS) is 18.6. The van der Waals surface area contributed by atoms with Gasteiger partial charge in [0.05, 0.1) is 23.8 Å². The SMILES string of the molecule is Cc1c(CCN2CCN(C[C@H](O)c3ccc4c(c3C)COC4=O)CC2=O)ccc2c1COC2=O. The second-order valence-corrected chi connectivity index (χ2v) is 9.22. The molecule has 0 aliphatic carbocycles. The lowest BCUT2D eigenvalue weighted by atomic mass is 9.95. The van der Waals surface area contributed by atoms with Gasteiger partial charge in [-0.25, -0.2) is 9.59 Å². The first-order valence-electron chi connectivity index (χ1n) is 11.6. The molecule has 0 unspecified atom stereocenters. The van der Waals surface area contributed by atoms with Crippen molar-refractivity contribution < 1.29 is 29.0 Å². The number of rotatable bonds is 6. The van der Waals surface area contributed by atoms with Crippen LogP contribution in [0.1, 0.15) is 60.2 Å². The van der Waals surface area contributed by atoms with Crippen molar-refractivity contribution in [2.24, 2.45) is 0 Å². The second kappa shape index (κ2) is 8.85. The molecule has 3 heterocycles. The predicted octanol–water partition coefficient (Wildman–Crippen LogP) is 2.06. The Morgan fingerprint density at radius 3 is 2.24 bits per heavy atom. The fourth-order valence-electron chi connectivity index (χ4n) is 5.15. The number of piperazine rings is 1. The topological polar surface area (TPSA) is 96.4 Å². The van der Waals surface area contributed by atoms with E-state index in [2.05, 4.69) is 0 Å². The third kappa shape index (κ3) is 3.97. The number of carbonyl (C=O) groups is 3. The number of aliphatic hydroxyl groups is 1. The van der Waals surface area contributed by atoms with Crippen molar-refractivity contribution in [2.75, 3.05) is 32.7 Å². The Morgan fingerprint density at radius 1 is 0.912 bits per heavy atom. The van der Waals surface area contributed by atoms with E-state index in [-0.39, 0.29) is 31.0 Å². The van der Waals surface area contributed by atoms with Crippen molar-refractivity contribution in [3.05, 3.63) is 68.8 Å². The monoisotopic (exact) mass is 464 g/mol. The van der Waals surface area contributed by atoms with Crippen molar-refractivity contribution >= 4 is 17.8 Å². The third-order valence-electron chi connectivity index (χ3n) is 7.32. The maximum atomic E-state index is 12.8. The highest BCUT2D eigenvalue weighted by Crippen LogP contribution is 2.30. The van der Waals surface area contributed by atoms with Gasteiger partial charge in [0.1, 0.15) is 13.2 Å². The summed E-state index contributed by atoms with van der Waals surface area (Å²) in [6.07, 6.45) is -0.0316. The quantitative estimate of drug-likeness (QED) is 0.654. The number of aliphatic hydroxyl groups excluding tert-OH is 1. The molecule has 2 aromatic carbocycles. The molecule has 0 aromatic heterocycles. The minimum absolute atomic E-state index is 0.0421. The highest BCUT2D eigenvalue weighted by molar-refractivity contribution is 5.94. The molecule has 5 rings (SSSR count). The summed E-state index contributed by atoms with van der Waals surface area (Å²) < 4.78 is 10.2. The van der Waals surface area contributed by atoms with E-state index in [4.69, 9.17) is 9.47 Å². The number of amides is 1. The van der Waals surface area contributed by atoms with Gasteiger partial charge in [0.2, 0.25) is 5.91 Å². The van der Waals surface area contributed by atoms with Crippen LogP contribution in [-0.2, 0) is 33.9 Å². The maximum absolute atomic E-state index is 12.8. The number of cyclic esters (lactones) is 2. The largest absolute Gasteiger partial charge is 0.457 e. The van der Waals surface area contributed by atoms with Gasteiger partial charge in [-0.05, 0) is 54.7 Å². The number of nitrogens with zero attached hydrogens (tertiary/aromatic N) is 2. The Hall–Kier alpha value is -3.23. The van der Waals surface area contributed by atoms with Crippen LogP contribution < -0.4 is 0 Å². The number of hydrogen-bond donors (Lipinski definition) is 1. The fraction of sp³-hybridized carbons (Fsp3) is 0.423. The lowest BCUT2D eigenvalue weighted by Crippen LogP contribution is -2.51. The van der Waals surface area contributed by atoms with E-state index in [1.807, 2.05) is 35.8 Å². The number of hydrogen-bond acceptors (Lipinski definition) is 7. The molecule has 0 bridgehead atoms. The first-order chi connectivity index (χ1) is 16.3. The van der Waals surface area contributed by atoms with Crippen molar-refractivity contribution in [3.63, 3.8) is 0 Å². The second-order valence-electron chi connectivity index (χ2n) is 9.22. The molecule has 8 heteroatoms. The summed E-state index contributed by atoms with van der Waals surface area (Å²) in [5, 5.41) is 10.9. The average molecular weight is 465 g/mol. The standard InChI is InChI=1S/C26H28N2O6/c1-15-17(3-4-19-21(15)13-33-25(19)31)7-8-28-10-9-27(12-24(28)30)11-23(29)18-5-6-20-22(16(18)2)14-34-26(20)32/h3-6,23,29H,7-14H2,1-2H3/t23-/m0/s1. The molecule has 3 aliphatic rings. The maximum Gasteiger partial charge on any atom is 0.338 e. The molecule has 1 fully saturated rings. The van der Waals surface area contributed by atoms with E-state index in [1.165, 1.54) is 0 Å². The van der Waals surface area contributed by atoms with Crippen LogP contribution in [0.4, 0.5) is 0 Å². The molecule has 34 heavy (non-hydrogen) atoms. The molecule has 1 amide bonds. The van der Waals surface area contributed by atoms with Crippen LogP contribution in [0.25, 0.3) is 0 Å². The first kappa shape index (κ1) is 22.6. The van der Waals surface area contributed by atoms with Gasteiger partial charge in [-0.15, -0.1) is 0 Å². The number of fused-ring (bicyclic) bond motifs is 2. The smallest absolute Gasteiger partial charge is 0.338 e. The molecule has 8 nitrogen and oxygen atoms in total. The Balaban J connectivity index is 1.17. The van der Waals surface area contributed by atoms with Gasteiger partial charge in [-0.2, -0.15) is 0 Å². The van der Waals surface area contributed by atoms with E-state index in [0.717, 1.165) is 39.8 Å². The number of carbonyl (C=O) groups excluding carboxylic acids is 3. The zero-order chi connectivity index (χ0) is 24.0. The highest BCUT2D eigenvalue weighted by Gasteiger charge is 2.29. The third-order valence-corrected chi connectivity index (χ3v) is 7.32. The molecule has 0 radical (unpaired) electrons. The summed E-state index contributed by atoms with van der Waals surface area (Å²) in [6, 6.07) is 7.26. The van der Waals surface area contributed by atoms with Gasteiger partial charge >= 0.3 is 11.9 Å².